The zero-order valence-corrected chi connectivity index (χ0v) is 11.8. The third-order valence-electron chi connectivity index (χ3n) is 3.40. The van der Waals surface area contributed by atoms with Crippen molar-refractivity contribution in [3.05, 3.63) is 82.9 Å². The molecule has 3 aromatic rings. The minimum atomic E-state index is 0.695. The van der Waals surface area contributed by atoms with E-state index in [0.29, 0.717) is 5.56 Å². The molecule has 0 aliphatic heterocycles. The van der Waals surface area contributed by atoms with Crippen molar-refractivity contribution in [2.75, 3.05) is 0 Å². The van der Waals surface area contributed by atoms with E-state index in [1.165, 1.54) is 5.56 Å². The number of benzene rings is 3. The Hall–Kier alpha value is -2.85. The molecule has 3 aromatic carbocycles. The summed E-state index contributed by atoms with van der Waals surface area (Å²) in [4.78, 5) is 10.8. The zero-order valence-electron chi connectivity index (χ0n) is 11.8. The van der Waals surface area contributed by atoms with Gasteiger partial charge in [0.05, 0.1) is 0 Å². The van der Waals surface area contributed by atoms with Crippen molar-refractivity contribution in [1.29, 1.82) is 0 Å². The van der Waals surface area contributed by atoms with Crippen LogP contribution in [-0.4, -0.2) is 6.29 Å². The smallest absolute Gasteiger partial charge is 0.150 e. The fourth-order valence-electron chi connectivity index (χ4n) is 2.20. The van der Waals surface area contributed by atoms with Crippen LogP contribution < -0.4 is 0 Å². The molecule has 0 spiro atoms. The maximum absolute atomic E-state index is 10.8. The van der Waals surface area contributed by atoms with Crippen LogP contribution in [0.2, 0.25) is 0 Å². The summed E-state index contributed by atoms with van der Waals surface area (Å²) in [7, 11) is 0. The van der Waals surface area contributed by atoms with E-state index in [1.54, 1.807) is 0 Å². The first-order valence-corrected chi connectivity index (χ1v) is 6.82. The topological polar surface area (TPSA) is 17.1 Å². The van der Waals surface area contributed by atoms with Crippen molar-refractivity contribution in [3.63, 3.8) is 0 Å². The van der Waals surface area contributed by atoms with Gasteiger partial charge in [0.1, 0.15) is 6.29 Å². The monoisotopic (exact) mass is 270 g/mol. The van der Waals surface area contributed by atoms with Gasteiger partial charge in [0, 0.05) is 16.7 Å². The van der Waals surface area contributed by atoms with E-state index in [0.717, 1.165) is 28.2 Å². The van der Waals surface area contributed by atoms with Crippen LogP contribution in [0.4, 0.5) is 0 Å². The van der Waals surface area contributed by atoms with Gasteiger partial charge in [0.15, 0.2) is 0 Å². The van der Waals surface area contributed by atoms with Gasteiger partial charge in [-0.15, -0.1) is 0 Å². The highest BCUT2D eigenvalue weighted by Crippen LogP contribution is 2.17. The fourth-order valence-corrected chi connectivity index (χ4v) is 2.20. The average molecular weight is 270 g/mol. The minimum Gasteiger partial charge on any atom is -0.298 e. The lowest BCUT2D eigenvalue weighted by molar-refractivity contribution is 0.112. The first-order valence-electron chi connectivity index (χ1n) is 6.82. The van der Waals surface area contributed by atoms with Gasteiger partial charge in [0.2, 0.25) is 0 Å². The van der Waals surface area contributed by atoms with E-state index >= 15 is 0 Å². The zero-order chi connectivity index (χ0) is 14.7. The van der Waals surface area contributed by atoms with Crippen LogP contribution in [0, 0.1) is 18.8 Å². The molecule has 0 bridgehead atoms. The predicted octanol–water partition coefficient (Wildman–Crippen LogP) is 4.36. The van der Waals surface area contributed by atoms with Gasteiger partial charge < -0.3 is 0 Å². The summed E-state index contributed by atoms with van der Waals surface area (Å²) in [6.45, 7) is 2.06. The van der Waals surface area contributed by atoms with Crippen LogP contribution in [0.3, 0.4) is 0 Å². The van der Waals surface area contributed by atoms with Crippen molar-refractivity contribution in [2.45, 2.75) is 6.92 Å². The molecule has 21 heavy (non-hydrogen) atoms. The second-order valence-corrected chi connectivity index (χ2v) is 5.06. The van der Waals surface area contributed by atoms with Crippen molar-refractivity contribution in [3.8, 4) is 11.8 Å². The second-order valence-electron chi connectivity index (χ2n) is 5.06. The number of aldehydes is 1. The molecular formula is C20H14O. The van der Waals surface area contributed by atoms with Crippen LogP contribution in [-0.2, 0) is 0 Å². The molecule has 100 valence electrons. The Morgan fingerprint density at radius 1 is 0.762 bits per heavy atom. The van der Waals surface area contributed by atoms with Gasteiger partial charge >= 0.3 is 0 Å². The lowest BCUT2D eigenvalue weighted by Crippen LogP contribution is -1.82. The summed E-state index contributed by atoms with van der Waals surface area (Å²) < 4.78 is 0. The van der Waals surface area contributed by atoms with Crippen LogP contribution in [0.5, 0.6) is 0 Å². The second kappa shape index (κ2) is 5.64. The van der Waals surface area contributed by atoms with Crippen molar-refractivity contribution >= 4 is 17.1 Å². The molecule has 3 rings (SSSR count). The third-order valence-corrected chi connectivity index (χ3v) is 3.40. The highest BCUT2D eigenvalue weighted by molar-refractivity contribution is 5.89. The Morgan fingerprint density at radius 3 is 2.14 bits per heavy atom. The fraction of sp³-hybridized carbons (Fsp3) is 0.0500. The molecule has 0 radical (unpaired) electrons. The quantitative estimate of drug-likeness (QED) is 0.474. The summed E-state index contributed by atoms with van der Waals surface area (Å²) in [6, 6.07) is 19.9. The van der Waals surface area contributed by atoms with Crippen LogP contribution >= 0.6 is 0 Å². The lowest BCUT2D eigenvalue weighted by atomic mass is 10.0. The number of fused-ring (bicyclic) bond motifs is 1. The van der Waals surface area contributed by atoms with Gasteiger partial charge in [-0.25, -0.2) is 0 Å². The Kier molecular flexibility index (Phi) is 3.53. The SMILES string of the molecule is Cc1ccc(C#Cc2ccc3cc(C=O)ccc3c2)cc1. The summed E-state index contributed by atoms with van der Waals surface area (Å²) in [6.07, 6.45) is 0.866. The van der Waals surface area contributed by atoms with E-state index < -0.39 is 0 Å². The Bertz CT molecular complexity index is 862. The minimum absolute atomic E-state index is 0.695. The molecule has 0 amide bonds. The molecule has 0 aliphatic rings. The molecule has 0 unspecified atom stereocenters. The molecule has 0 saturated carbocycles. The molecule has 1 heteroatoms. The van der Waals surface area contributed by atoms with Crippen LogP contribution in [0.25, 0.3) is 10.8 Å². The summed E-state index contributed by atoms with van der Waals surface area (Å²) >= 11 is 0. The predicted molar refractivity (Wildman–Crippen MR) is 86.5 cm³/mol. The van der Waals surface area contributed by atoms with Gasteiger partial charge in [-0.2, -0.15) is 0 Å². The molecule has 0 heterocycles. The number of hydrogen-bond acceptors (Lipinski definition) is 1. The number of carbonyl (C=O) groups is 1. The van der Waals surface area contributed by atoms with Crippen molar-refractivity contribution in [2.24, 2.45) is 0 Å². The van der Waals surface area contributed by atoms with E-state index in [-0.39, 0.29) is 0 Å². The summed E-state index contributed by atoms with van der Waals surface area (Å²) in [5.74, 6) is 6.35. The Morgan fingerprint density at radius 2 is 1.38 bits per heavy atom. The Labute approximate surface area is 124 Å². The molecule has 0 saturated heterocycles. The average Bonchev–Trinajstić information content (AvgIpc) is 2.53. The highest BCUT2D eigenvalue weighted by atomic mass is 16.1. The van der Waals surface area contributed by atoms with E-state index in [2.05, 4.69) is 30.9 Å². The summed E-state index contributed by atoms with van der Waals surface area (Å²) in [5.41, 5.74) is 3.91. The van der Waals surface area contributed by atoms with E-state index in [9.17, 15) is 4.79 Å². The van der Waals surface area contributed by atoms with Crippen molar-refractivity contribution < 1.29 is 4.79 Å². The standard InChI is InChI=1S/C20H14O/c1-15-2-4-16(5-3-15)6-7-17-8-10-20-13-18(14-21)9-11-19(20)12-17/h2-5,8-14H,1H3. The first kappa shape index (κ1) is 13.1. The summed E-state index contributed by atoms with van der Waals surface area (Å²) in [5, 5.41) is 2.15. The largest absolute Gasteiger partial charge is 0.298 e. The molecule has 0 aliphatic carbocycles. The molecule has 0 fully saturated rings. The number of hydrogen-bond donors (Lipinski definition) is 0. The molecule has 1 nitrogen and oxygen atoms in total. The Balaban J connectivity index is 1.95. The molecule has 0 aromatic heterocycles. The van der Waals surface area contributed by atoms with Crippen LogP contribution in [0.1, 0.15) is 27.0 Å². The van der Waals surface area contributed by atoms with Crippen molar-refractivity contribution in [1.82, 2.24) is 0 Å². The number of carbonyl (C=O) groups excluding carboxylic acids is 1. The lowest BCUT2D eigenvalue weighted by Gasteiger charge is -1.99. The van der Waals surface area contributed by atoms with Crippen LogP contribution in [0.15, 0.2) is 60.7 Å². The third kappa shape index (κ3) is 3.01. The normalized spacial score (nSPS) is 9.95. The number of rotatable bonds is 1. The maximum atomic E-state index is 10.8. The van der Waals surface area contributed by atoms with Gasteiger partial charge in [-0.1, -0.05) is 47.7 Å². The molecule has 0 atom stereocenters. The highest BCUT2D eigenvalue weighted by Gasteiger charge is 1.97. The molecule has 0 N–H and O–H groups in total. The van der Waals surface area contributed by atoms with E-state index in [4.69, 9.17) is 0 Å². The van der Waals surface area contributed by atoms with Gasteiger partial charge in [-0.05, 0) is 48.0 Å². The maximum Gasteiger partial charge on any atom is 0.150 e. The number of aryl methyl sites for hydroxylation is 1. The first-order chi connectivity index (χ1) is 10.2. The molecular weight excluding hydrogens is 256 g/mol. The van der Waals surface area contributed by atoms with Gasteiger partial charge in [0.25, 0.3) is 0 Å². The van der Waals surface area contributed by atoms with E-state index in [1.807, 2.05) is 48.5 Å². The van der Waals surface area contributed by atoms with Gasteiger partial charge in [-0.3, -0.25) is 4.79 Å².